The molecule has 134 valence electrons. The van der Waals surface area contributed by atoms with E-state index in [4.69, 9.17) is 0 Å². The Morgan fingerprint density at radius 3 is 2.28 bits per heavy atom. The summed E-state index contributed by atoms with van der Waals surface area (Å²) in [5.74, 6) is 0.353. The molecule has 1 aliphatic rings. The summed E-state index contributed by atoms with van der Waals surface area (Å²) in [6.45, 7) is 3.85. The molecule has 0 unspecified atom stereocenters. The second kappa shape index (κ2) is 7.74. The highest BCUT2D eigenvalue weighted by Gasteiger charge is 2.10. The van der Waals surface area contributed by atoms with Gasteiger partial charge in [0.2, 0.25) is 10.0 Å². The van der Waals surface area contributed by atoms with Gasteiger partial charge in [-0.3, -0.25) is 4.72 Å². The minimum absolute atomic E-state index is 0.0258. The molecule has 2 aromatic rings. The van der Waals surface area contributed by atoms with Crippen LogP contribution in [0.25, 0.3) is 0 Å². The van der Waals surface area contributed by atoms with Crippen LogP contribution < -0.4 is 14.9 Å². The van der Waals surface area contributed by atoms with Gasteiger partial charge in [0, 0.05) is 24.5 Å². The van der Waals surface area contributed by atoms with Gasteiger partial charge >= 0.3 is 0 Å². The summed E-state index contributed by atoms with van der Waals surface area (Å²) in [6, 6.07) is 11.8. The zero-order chi connectivity index (χ0) is 17.7. The SMILES string of the molecule is CCS(=O)(=O)Nc1ccc(Nc2ccc(N3CCCCC3)cc2)cn1. The predicted octanol–water partition coefficient (Wildman–Crippen LogP) is 3.58. The minimum atomic E-state index is -3.30. The van der Waals surface area contributed by atoms with Crippen LogP contribution >= 0.6 is 0 Å². The van der Waals surface area contributed by atoms with E-state index in [9.17, 15) is 8.42 Å². The Kier molecular flexibility index (Phi) is 5.43. The number of sulfonamides is 1. The van der Waals surface area contributed by atoms with Crippen molar-refractivity contribution >= 4 is 32.9 Å². The van der Waals surface area contributed by atoms with E-state index in [1.165, 1.54) is 24.9 Å². The number of aromatic nitrogens is 1. The van der Waals surface area contributed by atoms with Crippen LogP contribution in [0.3, 0.4) is 0 Å². The molecule has 0 amide bonds. The minimum Gasteiger partial charge on any atom is -0.372 e. The normalized spacial score (nSPS) is 15.0. The number of benzene rings is 1. The zero-order valence-corrected chi connectivity index (χ0v) is 15.2. The lowest BCUT2D eigenvalue weighted by Crippen LogP contribution is -2.29. The summed E-state index contributed by atoms with van der Waals surface area (Å²) in [5.41, 5.74) is 3.04. The third kappa shape index (κ3) is 4.85. The lowest BCUT2D eigenvalue weighted by atomic mass is 10.1. The van der Waals surface area contributed by atoms with Gasteiger partial charge in [-0.15, -0.1) is 0 Å². The van der Waals surface area contributed by atoms with Gasteiger partial charge in [0.15, 0.2) is 0 Å². The van der Waals surface area contributed by atoms with E-state index in [1.807, 2.05) is 0 Å². The first-order valence-corrected chi connectivity index (χ1v) is 10.3. The highest BCUT2D eigenvalue weighted by Crippen LogP contribution is 2.23. The van der Waals surface area contributed by atoms with Gasteiger partial charge in [-0.05, 0) is 62.6 Å². The van der Waals surface area contributed by atoms with Crippen molar-refractivity contribution in [3.8, 4) is 0 Å². The lowest BCUT2D eigenvalue weighted by Gasteiger charge is -2.28. The van der Waals surface area contributed by atoms with Gasteiger partial charge in [-0.1, -0.05) is 0 Å². The molecule has 1 saturated heterocycles. The van der Waals surface area contributed by atoms with Crippen molar-refractivity contribution in [3.63, 3.8) is 0 Å². The fourth-order valence-corrected chi connectivity index (χ4v) is 3.42. The summed E-state index contributed by atoms with van der Waals surface area (Å²) in [4.78, 5) is 6.56. The van der Waals surface area contributed by atoms with Crippen LogP contribution in [0.4, 0.5) is 22.9 Å². The summed E-state index contributed by atoms with van der Waals surface area (Å²) in [6.07, 6.45) is 5.47. The van der Waals surface area contributed by atoms with E-state index >= 15 is 0 Å². The Morgan fingerprint density at radius 2 is 1.68 bits per heavy atom. The summed E-state index contributed by atoms with van der Waals surface area (Å²) in [5, 5.41) is 3.28. The molecule has 25 heavy (non-hydrogen) atoms. The van der Waals surface area contributed by atoms with E-state index in [-0.39, 0.29) is 5.75 Å². The van der Waals surface area contributed by atoms with Gasteiger partial charge in [0.05, 0.1) is 17.6 Å². The molecule has 1 aromatic carbocycles. The van der Waals surface area contributed by atoms with Crippen molar-refractivity contribution < 1.29 is 8.42 Å². The van der Waals surface area contributed by atoms with Crippen molar-refractivity contribution in [1.82, 2.24) is 4.98 Å². The van der Waals surface area contributed by atoms with Crippen molar-refractivity contribution in [2.24, 2.45) is 0 Å². The standard InChI is InChI=1S/C18H24N4O2S/c1-2-25(23,24)21-18-11-8-16(14-19-18)20-15-6-9-17(10-7-15)22-12-4-3-5-13-22/h6-11,14,20H,2-5,12-13H2,1H3,(H,19,21). The van der Waals surface area contributed by atoms with E-state index < -0.39 is 10.0 Å². The molecule has 2 N–H and O–H groups in total. The highest BCUT2D eigenvalue weighted by molar-refractivity contribution is 7.92. The zero-order valence-electron chi connectivity index (χ0n) is 14.4. The molecule has 0 aliphatic carbocycles. The van der Waals surface area contributed by atoms with Crippen LogP contribution in [0.5, 0.6) is 0 Å². The molecule has 1 aliphatic heterocycles. The molecule has 6 nitrogen and oxygen atoms in total. The van der Waals surface area contributed by atoms with Crippen LogP contribution in [0.15, 0.2) is 42.6 Å². The maximum absolute atomic E-state index is 11.5. The molecule has 2 heterocycles. The summed E-state index contributed by atoms with van der Waals surface area (Å²) < 4.78 is 25.5. The summed E-state index contributed by atoms with van der Waals surface area (Å²) >= 11 is 0. The predicted molar refractivity (Wildman–Crippen MR) is 103 cm³/mol. The molecular formula is C18H24N4O2S. The van der Waals surface area contributed by atoms with E-state index in [2.05, 4.69) is 44.2 Å². The van der Waals surface area contributed by atoms with Crippen molar-refractivity contribution in [2.45, 2.75) is 26.2 Å². The Balaban J connectivity index is 1.62. The quantitative estimate of drug-likeness (QED) is 0.824. The van der Waals surface area contributed by atoms with E-state index in [1.54, 1.807) is 25.3 Å². The fourth-order valence-electron chi connectivity index (χ4n) is 2.83. The first-order chi connectivity index (χ1) is 12.1. The molecule has 0 saturated carbocycles. The first-order valence-electron chi connectivity index (χ1n) is 8.64. The van der Waals surface area contributed by atoms with Crippen LogP contribution in [-0.2, 0) is 10.0 Å². The topological polar surface area (TPSA) is 74.3 Å². The van der Waals surface area contributed by atoms with Crippen molar-refractivity contribution in [1.29, 1.82) is 0 Å². The fraction of sp³-hybridized carbons (Fsp3) is 0.389. The first kappa shape index (κ1) is 17.5. The monoisotopic (exact) mass is 360 g/mol. The van der Waals surface area contributed by atoms with Crippen molar-refractivity contribution in [2.75, 3.05) is 33.8 Å². The van der Waals surface area contributed by atoms with Gasteiger partial charge in [0.1, 0.15) is 5.82 Å². The maximum Gasteiger partial charge on any atom is 0.233 e. The van der Waals surface area contributed by atoms with Gasteiger partial charge in [-0.25, -0.2) is 13.4 Å². The Hall–Kier alpha value is -2.28. The second-order valence-corrected chi connectivity index (χ2v) is 8.17. The molecule has 3 rings (SSSR count). The number of nitrogens with zero attached hydrogens (tertiary/aromatic N) is 2. The summed E-state index contributed by atoms with van der Waals surface area (Å²) in [7, 11) is -3.30. The number of pyridine rings is 1. The molecule has 0 radical (unpaired) electrons. The molecular weight excluding hydrogens is 336 g/mol. The molecule has 0 spiro atoms. The van der Waals surface area contributed by atoms with E-state index in [0.717, 1.165) is 24.5 Å². The van der Waals surface area contributed by atoms with Crippen LogP contribution in [0, 0.1) is 0 Å². The highest BCUT2D eigenvalue weighted by atomic mass is 32.2. The third-order valence-corrected chi connectivity index (χ3v) is 5.56. The Morgan fingerprint density at radius 1 is 1.00 bits per heavy atom. The lowest BCUT2D eigenvalue weighted by molar-refractivity contribution is 0.578. The largest absolute Gasteiger partial charge is 0.372 e. The van der Waals surface area contributed by atoms with Crippen LogP contribution in [-0.4, -0.2) is 32.2 Å². The van der Waals surface area contributed by atoms with Crippen molar-refractivity contribution in [3.05, 3.63) is 42.6 Å². The smallest absolute Gasteiger partial charge is 0.233 e. The van der Waals surface area contributed by atoms with Crippen LogP contribution in [0.2, 0.25) is 0 Å². The molecule has 7 heteroatoms. The average Bonchev–Trinajstić information content (AvgIpc) is 2.64. The number of rotatable bonds is 6. The average molecular weight is 360 g/mol. The van der Waals surface area contributed by atoms with E-state index in [0.29, 0.717) is 5.82 Å². The van der Waals surface area contributed by atoms with Gasteiger partial charge in [-0.2, -0.15) is 0 Å². The second-order valence-electron chi connectivity index (χ2n) is 6.16. The number of nitrogens with one attached hydrogen (secondary N) is 2. The van der Waals surface area contributed by atoms with Crippen LogP contribution in [0.1, 0.15) is 26.2 Å². The molecule has 0 bridgehead atoms. The number of hydrogen-bond donors (Lipinski definition) is 2. The van der Waals surface area contributed by atoms with Gasteiger partial charge in [0.25, 0.3) is 0 Å². The third-order valence-electron chi connectivity index (χ3n) is 4.28. The van der Waals surface area contributed by atoms with Gasteiger partial charge < -0.3 is 10.2 Å². The Labute approximate surface area is 149 Å². The number of anilines is 4. The number of hydrogen-bond acceptors (Lipinski definition) is 5. The molecule has 0 atom stereocenters. The molecule has 1 fully saturated rings. The Bertz CT molecular complexity index is 783. The maximum atomic E-state index is 11.5. The number of piperidine rings is 1. The molecule has 1 aromatic heterocycles.